The fourth-order valence-corrected chi connectivity index (χ4v) is 3.28. The van der Waals surface area contributed by atoms with Gasteiger partial charge in [-0.2, -0.15) is 0 Å². The summed E-state index contributed by atoms with van der Waals surface area (Å²) in [6.07, 6.45) is 3.73. The van der Waals surface area contributed by atoms with E-state index in [1.165, 1.54) is 0 Å². The third-order valence-corrected chi connectivity index (χ3v) is 4.71. The van der Waals surface area contributed by atoms with Gasteiger partial charge in [-0.25, -0.2) is 9.97 Å². The summed E-state index contributed by atoms with van der Waals surface area (Å²) >= 11 is 0. The van der Waals surface area contributed by atoms with Crippen LogP contribution < -0.4 is 14.8 Å². The molecular formula is C22H16N4O3. The van der Waals surface area contributed by atoms with Crippen LogP contribution >= 0.6 is 0 Å². The van der Waals surface area contributed by atoms with E-state index < -0.39 is 0 Å². The van der Waals surface area contributed by atoms with Gasteiger partial charge in [0.1, 0.15) is 17.3 Å². The fraction of sp³-hybridized carbons (Fsp3) is 0.0909. The number of benzene rings is 2. The van der Waals surface area contributed by atoms with Crippen LogP contribution in [0.1, 0.15) is 5.56 Å². The van der Waals surface area contributed by atoms with Crippen molar-refractivity contribution in [1.29, 1.82) is 0 Å². The standard InChI is InChI=1S/C22H16N4O3/c1-28-16-6-7-18-17(11-16)22(26-21(25-18)14-3-2-8-23-12-14)24-15-5-4-13-9-20(27)29-19(13)10-15/h2-8,10-12H,9H2,1H3,(H,24,25,26). The van der Waals surface area contributed by atoms with Gasteiger partial charge in [-0.15, -0.1) is 0 Å². The second kappa shape index (κ2) is 6.87. The van der Waals surface area contributed by atoms with Crippen LogP contribution in [-0.2, 0) is 11.2 Å². The maximum absolute atomic E-state index is 11.5. The van der Waals surface area contributed by atoms with E-state index in [9.17, 15) is 4.79 Å². The number of carbonyl (C=O) groups is 1. The number of hydrogen-bond acceptors (Lipinski definition) is 7. The number of fused-ring (bicyclic) bond motifs is 2. The van der Waals surface area contributed by atoms with Crippen molar-refractivity contribution in [2.45, 2.75) is 6.42 Å². The minimum Gasteiger partial charge on any atom is -0.497 e. The van der Waals surface area contributed by atoms with E-state index >= 15 is 0 Å². The summed E-state index contributed by atoms with van der Waals surface area (Å²) < 4.78 is 10.6. The van der Waals surface area contributed by atoms with Crippen molar-refractivity contribution in [2.24, 2.45) is 0 Å². The predicted octanol–water partition coefficient (Wildman–Crippen LogP) is 3.91. The number of nitrogens with one attached hydrogen (secondary N) is 1. The molecule has 0 radical (unpaired) electrons. The molecule has 3 heterocycles. The Hall–Kier alpha value is -4.00. The molecule has 1 aliphatic rings. The molecule has 4 aromatic rings. The van der Waals surface area contributed by atoms with Gasteiger partial charge >= 0.3 is 5.97 Å². The molecule has 0 amide bonds. The molecular weight excluding hydrogens is 368 g/mol. The number of esters is 1. The lowest BCUT2D eigenvalue weighted by molar-refractivity contribution is -0.131. The number of aromatic nitrogens is 3. The second-order valence-electron chi connectivity index (χ2n) is 6.62. The van der Waals surface area contributed by atoms with Gasteiger partial charge < -0.3 is 14.8 Å². The minimum atomic E-state index is -0.242. The highest BCUT2D eigenvalue weighted by atomic mass is 16.5. The van der Waals surface area contributed by atoms with Crippen LogP contribution in [0.5, 0.6) is 11.5 Å². The van der Waals surface area contributed by atoms with Gasteiger partial charge in [-0.1, -0.05) is 6.07 Å². The van der Waals surface area contributed by atoms with Gasteiger partial charge in [0, 0.05) is 40.7 Å². The molecule has 2 aromatic heterocycles. The molecule has 7 heteroatoms. The molecule has 5 rings (SSSR count). The summed E-state index contributed by atoms with van der Waals surface area (Å²) in [5.41, 5.74) is 3.23. The molecule has 0 atom stereocenters. The number of nitrogens with zero attached hydrogens (tertiary/aromatic N) is 3. The molecule has 0 aliphatic carbocycles. The molecule has 2 aromatic carbocycles. The normalized spacial score (nSPS) is 12.5. The second-order valence-corrected chi connectivity index (χ2v) is 6.62. The lowest BCUT2D eigenvalue weighted by atomic mass is 10.1. The van der Waals surface area contributed by atoms with Crippen LogP contribution in [0.2, 0.25) is 0 Å². The number of methoxy groups -OCH3 is 1. The first-order valence-electron chi connectivity index (χ1n) is 9.06. The van der Waals surface area contributed by atoms with Crippen LogP contribution in [0, 0.1) is 0 Å². The number of carbonyl (C=O) groups excluding carboxylic acids is 1. The summed E-state index contributed by atoms with van der Waals surface area (Å²) in [6, 6.07) is 15.0. The summed E-state index contributed by atoms with van der Waals surface area (Å²) in [5.74, 6) is 2.22. The van der Waals surface area contributed by atoms with E-state index in [-0.39, 0.29) is 5.97 Å². The van der Waals surface area contributed by atoms with Gasteiger partial charge in [0.25, 0.3) is 0 Å². The summed E-state index contributed by atoms with van der Waals surface area (Å²) in [6.45, 7) is 0. The first-order valence-corrected chi connectivity index (χ1v) is 9.06. The highest BCUT2D eigenvalue weighted by Gasteiger charge is 2.20. The number of rotatable bonds is 4. The maximum atomic E-state index is 11.5. The molecule has 1 aliphatic heterocycles. The smallest absolute Gasteiger partial charge is 0.315 e. The van der Waals surface area contributed by atoms with Crippen molar-refractivity contribution in [3.8, 4) is 22.9 Å². The van der Waals surface area contributed by atoms with Crippen molar-refractivity contribution >= 4 is 28.4 Å². The molecule has 0 fully saturated rings. The quantitative estimate of drug-likeness (QED) is 0.422. The first-order chi connectivity index (χ1) is 14.2. The van der Waals surface area contributed by atoms with Crippen LogP contribution in [-0.4, -0.2) is 28.0 Å². The monoisotopic (exact) mass is 384 g/mol. The van der Waals surface area contributed by atoms with Crippen LogP contribution in [0.15, 0.2) is 60.9 Å². The summed E-state index contributed by atoms with van der Waals surface area (Å²) in [4.78, 5) is 25.1. The van der Waals surface area contributed by atoms with Crippen molar-refractivity contribution < 1.29 is 14.3 Å². The SMILES string of the molecule is COc1ccc2nc(-c3cccnc3)nc(Nc3ccc4c(c3)OC(=O)C4)c2c1. The fourth-order valence-electron chi connectivity index (χ4n) is 3.28. The van der Waals surface area contributed by atoms with E-state index in [4.69, 9.17) is 14.5 Å². The molecule has 0 bridgehead atoms. The largest absolute Gasteiger partial charge is 0.497 e. The Labute approximate surface area is 166 Å². The minimum absolute atomic E-state index is 0.242. The van der Waals surface area contributed by atoms with E-state index in [1.54, 1.807) is 25.6 Å². The molecule has 1 N–H and O–H groups in total. The van der Waals surface area contributed by atoms with Crippen molar-refractivity contribution in [1.82, 2.24) is 15.0 Å². The maximum Gasteiger partial charge on any atom is 0.315 e. The zero-order valence-electron chi connectivity index (χ0n) is 15.5. The zero-order chi connectivity index (χ0) is 19.8. The van der Waals surface area contributed by atoms with E-state index in [2.05, 4.69) is 15.3 Å². The number of hydrogen-bond donors (Lipinski definition) is 1. The lowest BCUT2D eigenvalue weighted by Crippen LogP contribution is -2.01. The lowest BCUT2D eigenvalue weighted by Gasteiger charge is -2.12. The first kappa shape index (κ1) is 17.1. The average molecular weight is 384 g/mol. The van der Waals surface area contributed by atoms with Crippen LogP contribution in [0.25, 0.3) is 22.3 Å². The Morgan fingerprint density at radius 1 is 1.10 bits per heavy atom. The predicted molar refractivity (Wildman–Crippen MR) is 108 cm³/mol. The third-order valence-electron chi connectivity index (χ3n) is 4.71. The number of ether oxygens (including phenoxy) is 2. The average Bonchev–Trinajstić information content (AvgIpc) is 3.13. The van der Waals surface area contributed by atoms with Crippen LogP contribution in [0.4, 0.5) is 11.5 Å². The number of pyridine rings is 1. The van der Waals surface area contributed by atoms with Gasteiger partial charge in [0.15, 0.2) is 5.82 Å². The Kier molecular flexibility index (Phi) is 4.05. The Balaban J connectivity index is 1.62. The summed E-state index contributed by atoms with van der Waals surface area (Å²) in [5, 5.41) is 4.15. The van der Waals surface area contributed by atoms with Gasteiger partial charge in [-0.05, 0) is 36.4 Å². The Morgan fingerprint density at radius 2 is 2.03 bits per heavy atom. The zero-order valence-corrected chi connectivity index (χ0v) is 15.5. The van der Waals surface area contributed by atoms with E-state index in [1.807, 2.05) is 42.5 Å². The molecule has 142 valence electrons. The molecule has 7 nitrogen and oxygen atoms in total. The third kappa shape index (κ3) is 3.23. The molecule has 0 saturated carbocycles. The van der Waals surface area contributed by atoms with Crippen molar-refractivity contribution in [3.05, 3.63) is 66.5 Å². The van der Waals surface area contributed by atoms with Gasteiger partial charge in [0.2, 0.25) is 0 Å². The highest BCUT2D eigenvalue weighted by Crippen LogP contribution is 2.33. The summed E-state index contributed by atoms with van der Waals surface area (Å²) in [7, 11) is 1.62. The Bertz CT molecular complexity index is 1240. The molecule has 29 heavy (non-hydrogen) atoms. The van der Waals surface area contributed by atoms with Gasteiger partial charge in [0.05, 0.1) is 19.0 Å². The van der Waals surface area contributed by atoms with Gasteiger partial charge in [-0.3, -0.25) is 9.78 Å². The molecule has 0 unspecified atom stereocenters. The van der Waals surface area contributed by atoms with Crippen molar-refractivity contribution in [2.75, 3.05) is 12.4 Å². The highest BCUT2D eigenvalue weighted by molar-refractivity contribution is 5.93. The topological polar surface area (TPSA) is 86.2 Å². The van der Waals surface area contributed by atoms with Crippen LogP contribution in [0.3, 0.4) is 0 Å². The molecule has 0 saturated heterocycles. The van der Waals surface area contributed by atoms with Crippen molar-refractivity contribution in [3.63, 3.8) is 0 Å². The molecule has 0 spiro atoms. The Morgan fingerprint density at radius 3 is 2.86 bits per heavy atom. The van der Waals surface area contributed by atoms with E-state index in [0.29, 0.717) is 29.6 Å². The van der Waals surface area contributed by atoms with E-state index in [0.717, 1.165) is 27.7 Å². The number of anilines is 2.